The summed E-state index contributed by atoms with van der Waals surface area (Å²) in [4.78, 5) is 0. The van der Waals surface area contributed by atoms with Gasteiger partial charge < -0.3 is 14.2 Å². The van der Waals surface area contributed by atoms with E-state index in [1.807, 2.05) is 0 Å². The van der Waals surface area contributed by atoms with Crippen molar-refractivity contribution in [3.63, 3.8) is 0 Å². The third kappa shape index (κ3) is 5.32. The highest BCUT2D eigenvalue weighted by molar-refractivity contribution is 7.60. The highest BCUT2D eigenvalue weighted by Crippen LogP contribution is 2.76. The lowest BCUT2D eigenvalue weighted by atomic mass is 9.98. The Morgan fingerprint density at radius 2 is 0.964 bits per heavy atom. The van der Waals surface area contributed by atoms with Crippen molar-refractivity contribution in [2.75, 3.05) is 6.16 Å². The monoisotopic (exact) mass is 412 g/mol. The Hall–Kier alpha value is 0.310. The predicted molar refractivity (Wildman–Crippen MR) is 119 cm³/mol. The summed E-state index contributed by atoms with van der Waals surface area (Å²) in [6, 6.07) is 0. The largest absolute Gasteiger partial charge is 0.339 e. The van der Waals surface area contributed by atoms with E-state index in [2.05, 4.69) is 34.6 Å². The first-order chi connectivity index (χ1) is 13.2. The van der Waals surface area contributed by atoms with Crippen molar-refractivity contribution in [1.82, 2.24) is 0 Å². The van der Waals surface area contributed by atoms with E-state index in [1.165, 1.54) is 83.2 Å². The van der Waals surface area contributed by atoms with Gasteiger partial charge in [-0.05, 0) is 48.2 Å². The number of ether oxygens (including phenoxy) is 3. The lowest BCUT2D eigenvalue weighted by Gasteiger charge is -2.69. The minimum absolute atomic E-state index is 0.0416. The van der Waals surface area contributed by atoms with Crippen molar-refractivity contribution in [1.29, 1.82) is 0 Å². The molecule has 4 bridgehead atoms. The van der Waals surface area contributed by atoms with Gasteiger partial charge in [-0.25, -0.2) is 0 Å². The molecule has 0 amide bonds. The van der Waals surface area contributed by atoms with Crippen molar-refractivity contribution in [2.24, 2.45) is 0 Å². The summed E-state index contributed by atoms with van der Waals surface area (Å²) in [6.45, 7) is 11.2. The summed E-state index contributed by atoms with van der Waals surface area (Å²) in [7, 11) is -0.296. The molecule has 4 fully saturated rings. The Morgan fingerprint density at radius 3 is 1.39 bits per heavy atom. The summed E-state index contributed by atoms with van der Waals surface area (Å²) in [5.41, 5.74) is 0. The van der Waals surface area contributed by atoms with Gasteiger partial charge in [-0.1, -0.05) is 77.6 Å². The third-order valence-corrected chi connectivity index (χ3v) is 10.5. The zero-order valence-electron chi connectivity index (χ0n) is 19.3. The minimum atomic E-state index is -0.454. The van der Waals surface area contributed by atoms with Crippen molar-refractivity contribution in [2.45, 2.75) is 147 Å². The quantitative estimate of drug-likeness (QED) is 0.227. The average Bonchev–Trinajstić information content (AvgIpc) is 2.54. The van der Waals surface area contributed by atoms with E-state index in [1.54, 1.807) is 0 Å². The van der Waals surface area contributed by atoms with E-state index in [4.69, 9.17) is 14.2 Å². The molecule has 0 unspecified atom stereocenters. The molecule has 0 radical (unpaired) electrons. The molecule has 164 valence electrons. The Kier molecular flexibility index (Phi) is 7.56. The molecule has 0 aromatic carbocycles. The van der Waals surface area contributed by atoms with Gasteiger partial charge in [0.05, 0.1) is 10.7 Å². The zero-order chi connectivity index (χ0) is 20.3. The van der Waals surface area contributed by atoms with E-state index in [0.29, 0.717) is 0 Å². The summed E-state index contributed by atoms with van der Waals surface area (Å²) in [5.74, 6) is -0.908. The van der Waals surface area contributed by atoms with Crippen LogP contribution in [0.3, 0.4) is 0 Å². The van der Waals surface area contributed by atoms with E-state index in [-0.39, 0.29) is 18.6 Å². The molecular weight excluding hydrogens is 367 g/mol. The molecule has 4 atom stereocenters. The van der Waals surface area contributed by atoms with Crippen molar-refractivity contribution >= 4 is 7.92 Å². The van der Waals surface area contributed by atoms with Crippen LogP contribution < -0.4 is 0 Å². The molecule has 4 rings (SSSR count). The molecule has 0 saturated carbocycles. The highest BCUT2D eigenvalue weighted by atomic mass is 31.1. The molecule has 4 saturated heterocycles. The zero-order valence-corrected chi connectivity index (χ0v) is 20.2. The molecular formula is C24H45O3P. The van der Waals surface area contributed by atoms with Gasteiger partial charge in [-0.2, -0.15) is 0 Å². The first-order valence-corrected chi connectivity index (χ1v) is 13.6. The predicted octanol–water partition coefficient (Wildman–Crippen LogP) is 7.91. The fraction of sp³-hybridized carbons (Fsp3) is 1.00. The number of unbranched alkanes of at least 4 members (excludes halogenated alkanes) is 11. The Bertz CT molecular complexity index is 464. The first-order valence-electron chi connectivity index (χ1n) is 12.1. The maximum atomic E-state index is 6.53. The summed E-state index contributed by atoms with van der Waals surface area (Å²) in [5, 5.41) is -0.0831. The topological polar surface area (TPSA) is 27.7 Å². The first kappa shape index (κ1) is 23.0. The van der Waals surface area contributed by atoms with Crippen LogP contribution in [-0.2, 0) is 14.2 Å². The fourth-order valence-corrected chi connectivity index (χ4v) is 10.3. The van der Waals surface area contributed by atoms with Crippen LogP contribution in [0.25, 0.3) is 0 Å². The maximum Gasteiger partial charge on any atom is 0.173 e. The third-order valence-electron chi connectivity index (χ3n) is 6.98. The van der Waals surface area contributed by atoms with Gasteiger partial charge >= 0.3 is 0 Å². The van der Waals surface area contributed by atoms with Gasteiger partial charge in [-0.3, -0.25) is 0 Å². The molecule has 4 aliphatic heterocycles. The molecule has 0 aromatic rings. The molecule has 4 heterocycles. The van der Waals surface area contributed by atoms with Gasteiger partial charge in [0.15, 0.2) is 11.6 Å². The Balaban J connectivity index is 1.31. The number of hydrogen-bond acceptors (Lipinski definition) is 3. The summed E-state index contributed by atoms with van der Waals surface area (Å²) in [6.07, 6.45) is 20.0. The van der Waals surface area contributed by atoms with Crippen LogP contribution in [0.1, 0.15) is 125 Å². The van der Waals surface area contributed by atoms with Crippen LogP contribution in [0, 0.1) is 0 Å². The lowest BCUT2D eigenvalue weighted by Crippen LogP contribution is -2.71. The molecule has 0 spiro atoms. The van der Waals surface area contributed by atoms with Gasteiger partial charge in [0, 0.05) is 12.8 Å². The molecule has 28 heavy (non-hydrogen) atoms. The fourth-order valence-electron chi connectivity index (χ4n) is 6.22. The molecule has 0 aliphatic carbocycles. The van der Waals surface area contributed by atoms with Crippen molar-refractivity contribution in [3.05, 3.63) is 0 Å². The Labute approximate surface area is 175 Å². The van der Waals surface area contributed by atoms with Crippen LogP contribution >= 0.6 is 7.92 Å². The second kappa shape index (κ2) is 9.21. The second-order valence-electron chi connectivity index (χ2n) is 10.3. The standard InChI is InChI=1S/C24H45O3P/c1-6-7-8-9-10-11-12-13-14-15-16-17-18-28-23(4)19-21(2)25-22(3,27-23)20-24(28,5)26-21/h6-20H2,1-5H3/t21-,22-,23+,24+/m1/s1. The summed E-state index contributed by atoms with van der Waals surface area (Å²) >= 11 is 0. The molecule has 4 heteroatoms. The average molecular weight is 413 g/mol. The smallest absolute Gasteiger partial charge is 0.173 e. The van der Waals surface area contributed by atoms with Crippen LogP contribution in [0.2, 0.25) is 0 Å². The van der Waals surface area contributed by atoms with Crippen LogP contribution in [0.4, 0.5) is 0 Å². The van der Waals surface area contributed by atoms with Crippen molar-refractivity contribution in [3.8, 4) is 0 Å². The molecule has 0 N–H and O–H groups in total. The van der Waals surface area contributed by atoms with E-state index >= 15 is 0 Å². The maximum absolute atomic E-state index is 6.53. The van der Waals surface area contributed by atoms with E-state index < -0.39 is 11.6 Å². The second-order valence-corrected chi connectivity index (χ2v) is 13.5. The minimum Gasteiger partial charge on any atom is -0.339 e. The highest BCUT2D eigenvalue weighted by Gasteiger charge is 2.70. The van der Waals surface area contributed by atoms with E-state index in [0.717, 1.165) is 12.8 Å². The van der Waals surface area contributed by atoms with Crippen LogP contribution in [0.15, 0.2) is 0 Å². The normalized spacial score (nSPS) is 41.7. The molecule has 3 nitrogen and oxygen atoms in total. The van der Waals surface area contributed by atoms with Crippen LogP contribution in [0.5, 0.6) is 0 Å². The van der Waals surface area contributed by atoms with Gasteiger partial charge in [0.1, 0.15) is 0 Å². The van der Waals surface area contributed by atoms with Crippen molar-refractivity contribution < 1.29 is 14.2 Å². The van der Waals surface area contributed by atoms with Gasteiger partial charge in [-0.15, -0.1) is 0 Å². The van der Waals surface area contributed by atoms with Crippen LogP contribution in [-0.4, -0.2) is 28.4 Å². The Morgan fingerprint density at radius 1 is 0.571 bits per heavy atom. The molecule has 0 aromatic heterocycles. The van der Waals surface area contributed by atoms with Gasteiger partial charge in [0.2, 0.25) is 0 Å². The van der Waals surface area contributed by atoms with Gasteiger partial charge in [0.25, 0.3) is 0 Å². The number of hydrogen-bond donors (Lipinski definition) is 0. The molecule has 4 aliphatic rings. The summed E-state index contributed by atoms with van der Waals surface area (Å²) < 4.78 is 19.2. The lowest BCUT2D eigenvalue weighted by molar-refractivity contribution is -0.468. The number of rotatable bonds is 13. The SMILES string of the molecule is CCCCCCCCCCCCCCP1[C@@]2(C)C[C@]3(C)O[C@@](C)(C[C@@]1(C)O3)O2. The van der Waals surface area contributed by atoms with E-state index in [9.17, 15) is 0 Å².